The second-order valence-corrected chi connectivity index (χ2v) is 6.66. The fourth-order valence-electron chi connectivity index (χ4n) is 2.06. The summed E-state index contributed by atoms with van der Waals surface area (Å²) in [5.74, 6) is 1.34. The lowest BCUT2D eigenvalue weighted by molar-refractivity contribution is 0.0225. The smallest absolute Gasteiger partial charge is 0.410 e. The molecule has 1 aromatic rings. The standard InChI is InChI=1S/C15H20BrNO4/c1-15(2,3)21-14(18)17-7-8-20-13-10(9-17)11(16)5-6-12(13)19-4/h5-6H,7-9H2,1-4H3. The molecular weight excluding hydrogens is 338 g/mol. The minimum absolute atomic E-state index is 0.339. The maximum absolute atomic E-state index is 12.2. The highest BCUT2D eigenvalue weighted by atomic mass is 79.9. The minimum Gasteiger partial charge on any atom is -0.493 e. The molecule has 2 rings (SSSR count). The van der Waals surface area contributed by atoms with Crippen LogP contribution >= 0.6 is 15.9 Å². The summed E-state index contributed by atoms with van der Waals surface area (Å²) in [4.78, 5) is 13.9. The summed E-state index contributed by atoms with van der Waals surface area (Å²) in [6.45, 7) is 6.85. The zero-order valence-electron chi connectivity index (χ0n) is 12.7. The van der Waals surface area contributed by atoms with Crippen LogP contribution in [0.4, 0.5) is 4.79 Å². The monoisotopic (exact) mass is 357 g/mol. The third-order valence-corrected chi connectivity index (χ3v) is 3.74. The van der Waals surface area contributed by atoms with E-state index in [0.717, 1.165) is 10.0 Å². The average Bonchev–Trinajstić information content (AvgIpc) is 2.61. The molecule has 0 N–H and O–H groups in total. The van der Waals surface area contributed by atoms with Crippen LogP contribution < -0.4 is 9.47 Å². The first kappa shape index (κ1) is 15.9. The Morgan fingerprint density at radius 1 is 1.38 bits per heavy atom. The van der Waals surface area contributed by atoms with Crippen molar-refractivity contribution in [2.45, 2.75) is 32.9 Å². The Morgan fingerprint density at radius 2 is 2.10 bits per heavy atom. The van der Waals surface area contributed by atoms with E-state index in [0.29, 0.717) is 31.2 Å². The fraction of sp³-hybridized carbons (Fsp3) is 0.533. The molecule has 0 saturated heterocycles. The van der Waals surface area contributed by atoms with Crippen LogP contribution in [0.2, 0.25) is 0 Å². The maximum Gasteiger partial charge on any atom is 0.410 e. The quantitative estimate of drug-likeness (QED) is 0.770. The highest BCUT2D eigenvalue weighted by Gasteiger charge is 2.27. The van der Waals surface area contributed by atoms with Crippen molar-refractivity contribution in [3.8, 4) is 11.5 Å². The summed E-state index contributed by atoms with van der Waals surface area (Å²) in [5.41, 5.74) is 0.372. The molecule has 116 valence electrons. The molecule has 5 nitrogen and oxygen atoms in total. The molecule has 0 unspecified atom stereocenters. The number of rotatable bonds is 1. The number of hydrogen-bond donors (Lipinski definition) is 0. The van der Waals surface area contributed by atoms with E-state index >= 15 is 0 Å². The van der Waals surface area contributed by atoms with E-state index in [2.05, 4.69) is 15.9 Å². The predicted molar refractivity (Wildman–Crippen MR) is 82.8 cm³/mol. The van der Waals surface area contributed by atoms with E-state index in [1.807, 2.05) is 32.9 Å². The van der Waals surface area contributed by atoms with Crippen LogP contribution in [0, 0.1) is 0 Å². The summed E-state index contributed by atoms with van der Waals surface area (Å²) in [6, 6.07) is 3.73. The fourth-order valence-corrected chi connectivity index (χ4v) is 2.50. The summed E-state index contributed by atoms with van der Waals surface area (Å²) in [5, 5.41) is 0. The highest BCUT2D eigenvalue weighted by Crippen LogP contribution is 2.38. The zero-order chi connectivity index (χ0) is 15.6. The number of carbonyl (C=O) groups is 1. The number of nitrogens with zero attached hydrogens (tertiary/aromatic N) is 1. The van der Waals surface area contributed by atoms with Gasteiger partial charge in [0, 0.05) is 10.0 Å². The molecule has 0 saturated carbocycles. The van der Waals surface area contributed by atoms with E-state index < -0.39 is 5.60 Å². The normalized spacial score (nSPS) is 14.8. The lowest BCUT2D eigenvalue weighted by atomic mass is 10.1. The van der Waals surface area contributed by atoms with Gasteiger partial charge < -0.3 is 19.1 Å². The van der Waals surface area contributed by atoms with Crippen molar-refractivity contribution < 1.29 is 19.0 Å². The molecule has 1 aromatic carbocycles. The summed E-state index contributed by atoms with van der Waals surface area (Å²) >= 11 is 3.50. The third-order valence-electron chi connectivity index (χ3n) is 3.00. The van der Waals surface area contributed by atoms with Crippen molar-refractivity contribution >= 4 is 22.0 Å². The minimum atomic E-state index is -0.515. The lowest BCUT2D eigenvalue weighted by Gasteiger charge is -2.26. The predicted octanol–water partition coefficient (Wildman–Crippen LogP) is 3.59. The molecule has 0 aromatic heterocycles. The molecule has 0 atom stereocenters. The number of hydrogen-bond acceptors (Lipinski definition) is 4. The first-order valence-electron chi connectivity index (χ1n) is 6.78. The molecule has 1 heterocycles. The largest absolute Gasteiger partial charge is 0.493 e. The van der Waals surface area contributed by atoms with Gasteiger partial charge in [-0.2, -0.15) is 0 Å². The van der Waals surface area contributed by atoms with Crippen LogP contribution in [0.25, 0.3) is 0 Å². The SMILES string of the molecule is COc1ccc(Br)c2c1OCCN(C(=O)OC(C)(C)C)C2. The molecule has 1 aliphatic heterocycles. The van der Waals surface area contributed by atoms with Gasteiger partial charge in [0.15, 0.2) is 11.5 Å². The van der Waals surface area contributed by atoms with Crippen molar-refractivity contribution in [1.82, 2.24) is 4.90 Å². The molecule has 0 radical (unpaired) electrons. The Morgan fingerprint density at radius 3 is 2.71 bits per heavy atom. The van der Waals surface area contributed by atoms with Gasteiger partial charge in [0.2, 0.25) is 0 Å². The number of ether oxygens (including phenoxy) is 3. The van der Waals surface area contributed by atoms with Gasteiger partial charge in [0.05, 0.1) is 20.2 Å². The zero-order valence-corrected chi connectivity index (χ0v) is 14.3. The van der Waals surface area contributed by atoms with Crippen molar-refractivity contribution in [1.29, 1.82) is 0 Å². The molecule has 1 aliphatic rings. The summed E-state index contributed by atoms with van der Waals surface area (Å²) in [7, 11) is 1.60. The van der Waals surface area contributed by atoms with Crippen molar-refractivity contribution in [2.24, 2.45) is 0 Å². The van der Waals surface area contributed by atoms with E-state index in [-0.39, 0.29) is 6.09 Å². The molecule has 0 spiro atoms. The first-order valence-corrected chi connectivity index (χ1v) is 7.57. The molecule has 6 heteroatoms. The van der Waals surface area contributed by atoms with Crippen LogP contribution in [-0.4, -0.2) is 36.9 Å². The van der Waals surface area contributed by atoms with E-state index in [9.17, 15) is 4.79 Å². The number of carbonyl (C=O) groups excluding carboxylic acids is 1. The number of amides is 1. The van der Waals surface area contributed by atoms with Gasteiger partial charge in [-0.1, -0.05) is 15.9 Å². The summed E-state index contributed by atoms with van der Waals surface area (Å²) < 4.78 is 17.4. The Kier molecular flexibility index (Phi) is 4.66. The van der Waals surface area contributed by atoms with Gasteiger partial charge in [-0.05, 0) is 32.9 Å². The van der Waals surface area contributed by atoms with Gasteiger partial charge in [-0.25, -0.2) is 4.79 Å². The lowest BCUT2D eigenvalue weighted by Crippen LogP contribution is -2.37. The molecule has 0 aliphatic carbocycles. The van der Waals surface area contributed by atoms with E-state index in [1.165, 1.54) is 0 Å². The number of benzene rings is 1. The second-order valence-electron chi connectivity index (χ2n) is 5.81. The van der Waals surface area contributed by atoms with Gasteiger partial charge in [0.1, 0.15) is 12.2 Å². The second kappa shape index (κ2) is 6.13. The van der Waals surface area contributed by atoms with Gasteiger partial charge >= 0.3 is 6.09 Å². The van der Waals surface area contributed by atoms with Crippen molar-refractivity contribution in [2.75, 3.05) is 20.3 Å². The number of methoxy groups -OCH3 is 1. The average molecular weight is 358 g/mol. The molecule has 0 fully saturated rings. The van der Waals surface area contributed by atoms with Crippen molar-refractivity contribution in [3.05, 3.63) is 22.2 Å². The molecule has 0 bridgehead atoms. The van der Waals surface area contributed by atoms with E-state index in [1.54, 1.807) is 12.0 Å². The first-order chi connectivity index (χ1) is 9.81. The van der Waals surface area contributed by atoms with Gasteiger partial charge in [-0.15, -0.1) is 0 Å². The van der Waals surface area contributed by atoms with Crippen molar-refractivity contribution in [3.63, 3.8) is 0 Å². The number of halogens is 1. The van der Waals surface area contributed by atoms with Gasteiger partial charge in [-0.3, -0.25) is 0 Å². The Balaban J connectivity index is 2.27. The number of fused-ring (bicyclic) bond motifs is 1. The Hall–Kier alpha value is -1.43. The van der Waals surface area contributed by atoms with Gasteiger partial charge in [0.25, 0.3) is 0 Å². The summed E-state index contributed by atoms with van der Waals surface area (Å²) in [6.07, 6.45) is -0.339. The molecule has 21 heavy (non-hydrogen) atoms. The van der Waals surface area contributed by atoms with Crippen LogP contribution in [0.1, 0.15) is 26.3 Å². The molecule has 1 amide bonds. The molecular formula is C15H20BrNO4. The van der Waals surface area contributed by atoms with E-state index in [4.69, 9.17) is 14.2 Å². The Bertz CT molecular complexity index is 539. The Labute approximate surface area is 133 Å². The highest BCUT2D eigenvalue weighted by molar-refractivity contribution is 9.10. The maximum atomic E-state index is 12.2. The van der Waals surface area contributed by atoms with Crippen LogP contribution in [0.5, 0.6) is 11.5 Å². The van der Waals surface area contributed by atoms with Crippen LogP contribution in [-0.2, 0) is 11.3 Å². The third kappa shape index (κ3) is 3.81. The van der Waals surface area contributed by atoms with Crippen LogP contribution in [0.15, 0.2) is 16.6 Å². The topological polar surface area (TPSA) is 48.0 Å². The van der Waals surface area contributed by atoms with Crippen LogP contribution in [0.3, 0.4) is 0 Å².